The number of amides is 1. The Morgan fingerprint density at radius 1 is 1.04 bits per heavy atom. The summed E-state index contributed by atoms with van der Waals surface area (Å²) in [5.74, 6) is 0.659. The summed E-state index contributed by atoms with van der Waals surface area (Å²) in [6.07, 6.45) is 4.91. The van der Waals surface area contributed by atoms with E-state index in [-0.39, 0.29) is 5.91 Å². The average Bonchev–Trinajstić information content (AvgIpc) is 2.68. The molecular weight excluding hydrogens is 312 g/mol. The molecule has 1 aliphatic rings. The van der Waals surface area contributed by atoms with Crippen molar-refractivity contribution in [2.24, 2.45) is 0 Å². The van der Waals surface area contributed by atoms with Gasteiger partial charge in [0.1, 0.15) is 5.75 Å². The third kappa shape index (κ3) is 4.83. The number of anilines is 1. The molecule has 0 atom stereocenters. The number of carbonyl (C=O) groups is 1. The van der Waals surface area contributed by atoms with Gasteiger partial charge in [0.15, 0.2) is 0 Å². The molecule has 3 rings (SSSR count). The first-order valence-corrected chi connectivity index (χ1v) is 9.02. The maximum Gasteiger partial charge on any atom is 0.255 e. The molecule has 1 heterocycles. The fourth-order valence-electron chi connectivity index (χ4n) is 3.26. The lowest BCUT2D eigenvalue weighted by molar-refractivity contribution is 0.102. The minimum absolute atomic E-state index is 0.0897. The van der Waals surface area contributed by atoms with Crippen molar-refractivity contribution in [3.05, 3.63) is 59.7 Å². The van der Waals surface area contributed by atoms with Crippen LogP contribution in [0.25, 0.3) is 0 Å². The van der Waals surface area contributed by atoms with E-state index in [0.29, 0.717) is 5.56 Å². The second kappa shape index (κ2) is 8.67. The predicted octanol–water partition coefficient (Wildman–Crippen LogP) is 3.98. The fraction of sp³-hybridized carbons (Fsp3) is 0.381. The first-order valence-electron chi connectivity index (χ1n) is 9.02. The number of piperidine rings is 1. The maximum atomic E-state index is 12.5. The van der Waals surface area contributed by atoms with Gasteiger partial charge in [0.25, 0.3) is 5.91 Å². The standard InChI is InChI=1S/C21H26N2O2/c1-25-19-11-9-18(10-12-19)21(24)22-20-8-4-3-7-17(20)13-16-23-14-5-2-6-15-23/h3-4,7-12H,2,5-6,13-16H2,1H3,(H,22,24). The average molecular weight is 338 g/mol. The van der Waals surface area contributed by atoms with Crippen LogP contribution in [-0.2, 0) is 6.42 Å². The lowest BCUT2D eigenvalue weighted by Gasteiger charge is -2.26. The van der Waals surface area contributed by atoms with E-state index in [1.165, 1.54) is 37.9 Å². The lowest BCUT2D eigenvalue weighted by atomic mass is 10.1. The van der Waals surface area contributed by atoms with Gasteiger partial charge in [-0.15, -0.1) is 0 Å². The maximum absolute atomic E-state index is 12.5. The summed E-state index contributed by atoms with van der Waals surface area (Å²) in [6, 6.07) is 15.3. The molecule has 1 aliphatic heterocycles. The predicted molar refractivity (Wildman–Crippen MR) is 101 cm³/mol. The summed E-state index contributed by atoms with van der Waals surface area (Å²) in [4.78, 5) is 15.0. The first kappa shape index (κ1) is 17.5. The fourth-order valence-corrected chi connectivity index (χ4v) is 3.26. The largest absolute Gasteiger partial charge is 0.497 e. The van der Waals surface area contributed by atoms with Gasteiger partial charge >= 0.3 is 0 Å². The van der Waals surface area contributed by atoms with Crippen molar-refractivity contribution < 1.29 is 9.53 Å². The van der Waals surface area contributed by atoms with E-state index in [1.807, 2.05) is 18.2 Å². The van der Waals surface area contributed by atoms with Gasteiger partial charge < -0.3 is 15.0 Å². The third-order valence-corrected chi connectivity index (χ3v) is 4.76. The van der Waals surface area contributed by atoms with Crippen molar-refractivity contribution in [1.82, 2.24) is 4.90 Å². The summed E-state index contributed by atoms with van der Waals surface area (Å²) in [6.45, 7) is 3.44. The van der Waals surface area contributed by atoms with E-state index in [1.54, 1.807) is 31.4 Å². The van der Waals surface area contributed by atoms with Crippen LogP contribution in [0.3, 0.4) is 0 Å². The number of para-hydroxylation sites is 1. The number of nitrogens with one attached hydrogen (secondary N) is 1. The quantitative estimate of drug-likeness (QED) is 0.866. The highest BCUT2D eigenvalue weighted by atomic mass is 16.5. The zero-order valence-electron chi connectivity index (χ0n) is 14.8. The Bertz CT molecular complexity index is 691. The monoisotopic (exact) mass is 338 g/mol. The number of likely N-dealkylation sites (tertiary alicyclic amines) is 1. The van der Waals surface area contributed by atoms with Gasteiger partial charge in [-0.1, -0.05) is 24.6 Å². The zero-order valence-corrected chi connectivity index (χ0v) is 14.8. The Labute approximate surface area is 149 Å². The second-order valence-corrected chi connectivity index (χ2v) is 6.49. The van der Waals surface area contributed by atoms with Crippen LogP contribution < -0.4 is 10.1 Å². The van der Waals surface area contributed by atoms with Gasteiger partial charge in [-0.3, -0.25) is 4.79 Å². The number of methoxy groups -OCH3 is 1. The van der Waals surface area contributed by atoms with E-state index in [9.17, 15) is 4.79 Å². The van der Waals surface area contributed by atoms with Gasteiger partial charge in [-0.25, -0.2) is 0 Å². The molecule has 1 fully saturated rings. The Balaban J connectivity index is 1.64. The van der Waals surface area contributed by atoms with Crippen molar-refractivity contribution >= 4 is 11.6 Å². The van der Waals surface area contributed by atoms with Crippen LogP contribution in [0.4, 0.5) is 5.69 Å². The molecule has 0 spiro atoms. The summed E-state index contributed by atoms with van der Waals surface area (Å²) >= 11 is 0. The number of carbonyl (C=O) groups excluding carboxylic acids is 1. The Kier molecular flexibility index (Phi) is 6.07. The molecule has 4 nitrogen and oxygen atoms in total. The van der Waals surface area contributed by atoms with Gasteiger partial charge in [0, 0.05) is 17.8 Å². The van der Waals surface area contributed by atoms with Crippen molar-refractivity contribution in [2.75, 3.05) is 32.1 Å². The molecule has 0 bridgehead atoms. The van der Waals surface area contributed by atoms with Gasteiger partial charge in [0.2, 0.25) is 0 Å². The molecule has 0 saturated carbocycles. The molecule has 2 aromatic rings. The Morgan fingerprint density at radius 3 is 2.48 bits per heavy atom. The van der Waals surface area contributed by atoms with E-state index >= 15 is 0 Å². The van der Waals surface area contributed by atoms with Crippen LogP contribution in [0.5, 0.6) is 5.75 Å². The van der Waals surface area contributed by atoms with Crippen LogP contribution in [-0.4, -0.2) is 37.6 Å². The van der Waals surface area contributed by atoms with Crippen LogP contribution in [0.1, 0.15) is 35.2 Å². The SMILES string of the molecule is COc1ccc(C(=O)Nc2ccccc2CCN2CCCCC2)cc1. The van der Waals surface area contributed by atoms with Crippen LogP contribution in [0.15, 0.2) is 48.5 Å². The van der Waals surface area contributed by atoms with Crippen molar-refractivity contribution in [3.63, 3.8) is 0 Å². The van der Waals surface area contributed by atoms with E-state index < -0.39 is 0 Å². The summed E-state index contributed by atoms with van der Waals surface area (Å²) < 4.78 is 5.14. The second-order valence-electron chi connectivity index (χ2n) is 6.49. The molecule has 132 valence electrons. The van der Waals surface area contributed by atoms with Gasteiger partial charge in [-0.05, 0) is 68.2 Å². The molecule has 0 aliphatic carbocycles. The molecule has 0 radical (unpaired) electrons. The third-order valence-electron chi connectivity index (χ3n) is 4.76. The smallest absolute Gasteiger partial charge is 0.255 e. The molecular formula is C21H26N2O2. The molecule has 25 heavy (non-hydrogen) atoms. The van der Waals surface area contributed by atoms with Gasteiger partial charge in [0.05, 0.1) is 7.11 Å². The van der Waals surface area contributed by atoms with Crippen LogP contribution in [0.2, 0.25) is 0 Å². The first-order chi connectivity index (χ1) is 12.3. The summed E-state index contributed by atoms with van der Waals surface area (Å²) in [7, 11) is 1.62. The molecule has 1 amide bonds. The Morgan fingerprint density at radius 2 is 1.76 bits per heavy atom. The van der Waals surface area contributed by atoms with E-state index in [4.69, 9.17) is 4.74 Å². The minimum atomic E-state index is -0.0897. The minimum Gasteiger partial charge on any atom is -0.497 e. The number of hydrogen-bond donors (Lipinski definition) is 1. The molecule has 0 unspecified atom stereocenters. The zero-order chi connectivity index (χ0) is 17.5. The van der Waals surface area contributed by atoms with E-state index in [0.717, 1.165) is 24.4 Å². The highest BCUT2D eigenvalue weighted by Crippen LogP contribution is 2.19. The molecule has 1 saturated heterocycles. The summed E-state index contributed by atoms with van der Waals surface area (Å²) in [5, 5.41) is 3.05. The molecule has 1 N–H and O–H groups in total. The molecule has 0 aromatic heterocycles. The number of rotatable bonds is 6. The molecule has 2 aromatic carbocycles. The number of nitrogens with zero attached hydrogens (tertiary/aromatic N) is 1. The highest BCUT2D eigenvalue weighted by Gasteiger charge is 2.12. The summed E-state index contributed by atoms with van der Waals surface area (Å²) in [5.41, 5.74) is 2.72. The van der Waals surface area contributed by atoms with Gasteiger partial charge in [-0.2, -0.15) is 0 Å². The van der Waals surface area contributed by atoms with Crippen LogP contribution in [0, 0.1) is 0 Å². The number of hydrogen-bond acceptors (Lipinski definition) is 3. The Hall–Kier alpha value is -2.33. The number of ether oxygens (including phenoxy) is 1. The topological polar surface area (TPSA) is 41.6 Å². The van der Waals surface area contributed by atoms with Crippen molar-refractivity contribution in [2.45, 2.75) is 25.7 Å². The highest BCUT2D eigenvalue weighted by molar-refractivity contribution is 6.04. The number of benzene rings is 2. The van der Waals surface area contributed by atoms with Crippen LogP contribution >= 0.6 is 0 Å². The normalized spacial score (nSPS) is 14.9. The van der Waals surface area contributed by atoms with E-state index in [2.05, 4.69) is 16.3 Å². The lowest BCUT2D eigenvalue weighted by Crippen LogP contribution is -2.31. The molecule has 4 heteroatoms. The van der Waals surface area contributed by atoms with Crippen molar-refractivity contribution in [3.8, 4) is 5.75 Å². The van der Waals surface area contributed by atoms with Crippen molar-refractivity contribution in [1.29, 1.82) is 0 Å².